The Bertz CT molecular complexity index is 317. The molecule has 1 aromatic rings. The van der Waals surface area contributed by atoms with Crippen LogP contribution in [0.15, 0.2) is 11.3 Å². The van der Waals surface area contributed by atoms with E-state index in [4.69, 9.17) is 9.84 Å². The third-order valence-corrected chi connectivity index (χ3v) is 2.11. The molecule has 5 heteroatoms. The van der Waals surface area contributed by atoms with Gasteiger partial charge in [-0.05, 0) is 0 Å². The van der Waals surface area contributed by atoms with E-state index in [0.717, 1.165) is 0 Å². The van der Waals surface area contributed by atoms with Gasteiger partial charge in [0.1, 0.15) is 6.61 Å². The number of aliphatic hydroxyl groups is 2. The molecule has 0 aromatic carbocycles. The van der Waals surface area contributed by atoms with Crippen molar-refractivity contribution in [2.45, 2.75) is 0 Å². The van der Waals surface area contributed by atoms with Crippen molar-refractivity contribution in [3.8, 4) is 5.06 Å². The quantitative estimate of drug-likeness (QED) is 0.618. The molecule has 1 aromatic heterocycles. The number of hydrogen-bond acceptors (Lipinski definition) is 5. The van der Waals surface area contributed by atoms with Gasteiger partial charge < -0.3 is 14.9 Å². The van der Waals surface area contributed by atoms with Crippen molar-refractivity contribution in [3.63, 3.8) is 0 Å². The molecule has 0 bridgehead atoms. The van der Waals surface area contributed by atoms with Crippen molar-refractivity contribution in [1.29, 1.82) is 0 Å². The van der Waals surface area contributed by atoms with Gasteiger partial charge in [-0.15, -0.1) is 0 Å². The molecular formula is C6H5NO3S. The normalized spacial score (nSPS) is 16.0. The maximum absolute atomic E-state index is 9.21. The minimum Gasteiger partial charge on any atom is -0.505 e. The standard InChI is InChI=1S/C6H5NO3S/c8-3-1-10-6-4(5(3)9)7-2-11-6/h2,8-9H,1H2. The smallest absolute Gasteiger partial charge is 0.206 e. The lowest BCUT2D eigenvalue weighted by atomic mass is 10.3. The van der Waals surface area contributed by atoms with Crippen molar-refractivity contribution < 1.29 is 14.9 Å². The van der Waals surface area contributed by atoms with E-state index in [9.17, 15) is 5.11 Å². The highest BCUT2D eigenvalue weighted by Crippen LogP contribution is 2.32. The van der Waals surface area contributed by atoms with E-state index in [1.165, 1.54) is 11.3 Å². The van der Waals surface area contributed by atoms with Gasteiger partial charge in [-0.3, -0.25) is 0 Å². The van der Waals surface area contributed by atoms with Crippen LogP contribution in [-0.4, -0.2) is 21.8 Å². The number of aliphatic hydroxyl groups excluding tert-OH is 2. The van der Waals surface area contributed by atoms with Crippen LogP contribution in [0, 0.1) is 0 Å². The molecule has 11 heavy (non-hydrogen) atoms. The van der Waals surface area contributed by atoms with E-state index in [0.29, 0.717) is 10.8 Å². The molecule has 0 aliphatic carbocycles. The maximum Gasteiger partial charge on any atom is 0.206 e. The Hall–Kier alpha value is -1.23. The van der Waals surface area contributed by atoms with Crippen LogP contribution in [0.4, 0.5) is 0 Å². The lowest BCUT2D eigenvalue weighted by Crippen LogP contribution is -2.09. The number of hydrogen-bond donors (Lipinski definition) is 2. The molecule has 0 saturated heterocycles. The van der Waals surface area contributed by atoms with Crippen LogP contribution in [0.3, 0.4) is 0 Å². The molecule has 58 valence electrons. The Morgan fingerprint density at radius 1 is 1.55 bits per heavy atom. The first kappa shape index (κ1) is 6.48. The van der Waals surface area contributed by atoms with Crippen molar-refractivity contribution in [1.82, 2.24) is 4.98 Å². The van der Waals surface area contributed by atoms with E-state index >= 15 is 0 Å². The number of thiazole rings is 1. The molecule has 0 radical (unpaired) electrons. The van der Waals surface area contributed by atoms with Crippen LogP contribution in [0.25, 0.3) is 5.76 Å². The first-order valence-electron chi connectivity index (χ1n) is 2.97. The lowest BCUT2D eigenvalue weighted by Gasteiger charge is -2.11. The fourth-order valence-corrected chi connectivity index (χ4v) is 1.48. The number of rotatable bonds is 0. The highest BCUT2D eigenvalue weighted by molar-refractivity contribution is 7.11. The van der Waals surface area contributed by atoms with E-state index in [2.05, 4.69) is 4.98 Å². The molecule has 0 amide bonds. The average molecular weight is 171 g/mol. The largest absolute Gasteiger partial charge is 0.505 e. The van der Waals surface area contributed by atoms with E-state index < -0.39 is 0 Å². The first-order chi connectivity index (χ1) is 5.29. The zero-order valence-corrected chi connectivity index (χ0v) is 6.26. The molecule has 2 N–H and O–H groups in total. The summed E-state index contributed by atoms with van der Waals surface area (Å²) in [5.41, 5.74) is 1.89. The Kier molecular flexibility index (Phi) is 1.25. The van der Waals surface area contributed by atoms with Crippen molar-refractivity contribution >= 4 is 17.1 Å². The molecule has 1 aliphatic rings. The Balaban J connectivity index is 2.57. The van der Waals surface area contributed by atoms with Gasteiger partial charge in [-0.2, -0.15) is 0 Å². The molecule has 2 rings (SSSR count). The van der Waals surface area contributed by atoms with Gasteiger partial charge in [0.05, 0.1) is 5.51 Å². The maximum atomic E-state index is 9.21. The van der Waals surface area contributed by atoms with Crippen molar-refractivity contribution in [3.05, 3.63) is 17.0 Å². The summed E-state index contributed by atoms with van der Waals surface area (Å²) < 4.78 is 5.03. The number of nitrogens with zero attached hydrogens (tertiary/aromatic N) is 1. The van der Waals surface area contributed by atoms with Crippen molar-refractivity contribution in [2.75, 3.05) is 6.61 Å². The topological polar surface area (TPSA) is 62.6 Å². The minimum absolute atomic E-state index is 0.0288. The predicted molar refractivity (Wildman–Crippen MR) is 39.8 cm³/mol. The van der Waals surface area contributed by atoms with E-state index in [1.807, 2.05) is 0 Å². The summed E-state index contributed by atoms with van der Waals surface area (Å²) in [6.07, 6.45) is 0. The molecule has 0 atom stereocenters. The second-order valence-electron chi connectivity index (χ2n) is 2.07. The zero-order valence-electron chi connectivity index (χ0n) is 5.44. The minimum atomic E-state index is -0.174. The van der Waals surface area contributed by atoms with Gasteiger partial charge >= 0.3 is 0 Å². The van der Waals surface area contributed by atoms with Crippen LogP contribution >= 0.6 is 11.3 Å². The molecule has 1 aliphatic heterocycles. The van der Waals surface area contributed by atoms with Gasteiger partial charge in [0.25, 0.3) is 0 Å². The second kappa shape index (κ2) is 2.13. The van der Waals surface area contributed by atoms with Gasteiger partial charge in [-0.25, -0.2) is 4.98 Å². The summed E-state index contributed by atoms with van der Waals surface area (Å²) in [6, 6.07) is 0. The number of ether oxygens (including phenoxy) is 1. The van der Waals surface area contributed by atoms with Crippen LogP contribution in [-0.2, 0) is 0 Å². The average Bonchev–Trinajstić information content (AvgIpc) is 2.45. The zero-order chi connectivity index (χ0) is 7.84. The SMILES string of the molecule is OC1=C(O)c2ncsc2OC1. The Morgan fingerprint density at radius 3 is 3.18 bits per heavy atom. The van der Waals surface area contributed by atoms with Gasteiger partial charge in [0, 0.05) is 0 Å². The number of aromatic nitrogens is 1. The van der Waals surface area contributed by atoms with Gasteiger partial charge in [-0.1, -0.05) is 11.3 Å². The fourth-order valence-electron chi connectivity index (χ4n) is 0.835. The summed E-state index contributed by atoms with van der Waals surface area (Å²) in [7, 11) is 0. The van der Waals surface area contributed by atoms with Crippen LogP contribution < -0.4 is 4.74 Å². The van der Waals surface area contributed by atoms with Crippen LogP contribution in [0.5, 0.6) is 5.06 Å². The highest BCUT2D eigenvalue weighted by Gasteiger charge is 2.21. The second-order valence-corrected chi connectivity index (χ2v) is 2.89. The Morgan fingerprint density at radius 2 is 2.36 bits per heavy atom. The number of fused-ring (bicyclic) bond motifs is 1. The van der Waals surface area contributed by atoms with Crippen LogP contribution in [0.2, 0.25) is 0 Å². The highest BCUT2D eigenvalue weighted by atomic mass is 32.1. The molecule has 0 saturated carbocycles. The molecule has 0 fully saturated rings. The third kappa shape index (κ3) is 0.848. The van der Waals surface area contributed by atoms with Gasteiger partial charge in [0.2, 0.25) is 5.06 Å². The van der Waals surface area contributed by atoms with E-state index in [-0.39, 0.29) is 18.1 Å². The van der Waals surface area contributed by atoms with Crippen molar-refractivity contribution in [2.24, 2.45) is 0 Å². The summed E-state index contributed by atoms with van der Waals surface area (Å²) >= 11 is 1.29. The third-order valence-electron chi connectivity index (χ3n) is 1.37. The summed E-state index contributed by atoms with van der Waals surface area (Å²) in [5.74, 6) is -0.337. The summed E-state index contributed by atoms with van der Waals surface area (Å²) in [4.78, 5) is 3.81. The van der Waals surface area contributed by atoms with Crippen LogP contribution in [0.1, 0.15) is 5.69 Å². The molecule has 2 heterocycles. The molecule has 0 spiro atoms. The molecule has 4 nitrogen and oxygen atoms in total. The monoisotopic (exact) mass is 171 g/mol. The molecular weight excluding hydrogens is 166 g/mol. The Labute approximate surface area is 66.4 Å². The fraction of sp³-hybridized carbons (Fsp3) is 0.167. The lowest BCUT2D eigenvalue weighted by molar-refractivity contribution is 0.253. The molecule has 0 unspecified atom stereocenters. The van der Waals surface area contributed by atoms with Gasteiger partial charge in [0.15, 0.2) is 17.2 Å². The summed E-state index contributed by atoms with van der Waals surface area (Å²) in [5, 5.41) is 18.8. The summed E-state index contributed by atoms with van der Waals surface area (Å²) in [6.45, 7) is 0.0288. The van der Waals surface area contributed by atoms with E-state index in [1.54, 1.807) is 5.51 Å². The predicted octanol–water partition coefficient (Wildman–Crippen LogP) is 1.32. The first-order valence-corrected chi connectivity index (χ1v) is 3.84.